The summed E-state index contributed by atoms with van der Waals surface area (Å²) in [6, 6.07) is 0. The first-order valence-electron chi connectivity index (χ1n) is 6.58. The molecule has 0 bridgehead atoms. The van der Waals surface area contributed by atoms with Crippen LogP contribution in [0.25, 0.3) is 0 Å². The Hall–Kier alpha value is -1.47. The molecule has 0 spiro atoms. The number of aryl methyl sites for hydroxylation is 1. The monoisotopic (exact) mass is 309 g/mol. The van der Waals surface area contributed by atoms with E-state index in [9.17, 15) is 9.90 Å². The average Bonchev–Trinajstić information content (AvgIpc) is 3.06. The SMILES string of the molecule is O=C(O)C1CCCc2sc(NCCc3nccs3)nc21. The van der Waals surface area contributed by atoms with Crippen molar-refractivity contribution in [1.29, 1.82) is 0 Å². The Labute approximate surface area is 124 Å². The molecule has 0 saturated heterocycles. The molecule has 0 fully saturated rings. The second kappa shape index (κ2) is 5.88. The Morgan fingerprint density at radius 2 is 2.45 bits per heavy atom. The maximum atomic E-state index is 11.2. The number of aromatic nitrogens is 2. The molecule has 7 heteroatoms. The summed E-state index contributed by atoms with van der Waals surface area (Å²) in [6.45, 7) is 0.775. The van der Waals surface area contributed by atoms with Gasteiger partial charge in [0.25, 0.3) is 0 Å². The summed E-state index contributed by atoms with van der Waals surface area (Å²) in [7, 11) is 0. The number of carboxylic acid groups (broad SMARTS) is 1. The topological polar surface area (TPSA) is 75.1 Å². The van der Waals surface area contributed by atoms with Crippen molar-refractivity contribution in [3.63, 3.8) is 0 Å². The average molecular weight is 309 g/mol. The number of aliphatic carboxylic acids is 1. The molecular formula is C13H15N3O2S2. The maximum Gasteiger partial charge on any atom is 0.312 e. The van der Waals surface area contributed by atoms with Gasteiger partial charge in [-0.2, -0.15) is 0 Å². The number of thiazole rings is 2. The fourth-order valence-corrected chi connectivity index (χ4v) is 4.10. The molecule has 0 aliphatic heterocycles. The van der Waals surface area contributed by atoms with Gasteiger partial charge in [0.05, 0.1) is 10.7 Å². The minimum absolute atomic E-state index is 0.426. The summed E-state index contributed by atoms with van der Waals surface area (Å²) in [6.07, 6.45) is 5.25. The van der Waals surface area contributed by atoms with Crippen LogP contribution in [0.5, 0.6) is 0 Å². The van der Waals surface area contributed by atoms with Gasteiger partial charge in [0.1, 0.15) is 5.92 Å². The zero-order chi connectivity index (χ0) is 13.9. The summed E-state index contributed by atoms with van der Waals surface area (Å²) >= 11 is 3.24. The van der Waals surface area contributed by atoms with Crippen molar-refractivity contribution in [2.24, 2.45) is 0 Å². The van der Waals surface area contributed by atoms with E-state index in [1.807, 2.05) is 5.38 Å². The Bertz CT molecular complexity index is 595. The van der Waals surface area contributed by atoms with Gasteiger partial charge in [-0.25, -0.2) is 9.97 Å². The Kier molecular flexibility index (Phi) is 3.98. The third-order valence-corrected chi connectivity index (χ3v) is 5.28. The smallest absolute Gasteiger partial charge is 0.312 e. The van der Waals surface area contributed by atoms with Crippen molar-refractivity contribution >= 4 is 33.8 Å². The van der Waals surface area contributed by atoms with E-state index in [-0.39, 0.29) is 0 Å². The van der Waals surface area contributed by atoms with Gasteiger partial charge < -0.3 is 10.4 Å². The van der Waals surface area contributed by atoms with Gasteiger partial charge in [0.2, 0.25) is 0 Å². The molecule has 0 radical (unpaired) electrons. The first kappa shape index (κ1) is 13.5. The first-order chi connectivity index (χ1) is 9.74. The molecular weight excluding hydrogens is 294 g/mol. The molecule has 2 N–H and O–H groups in total. The van der Waals surface area contributed by atoms with Gasteiger partial charge in [-0.3, -0.25) is 4.79 Å². The predicted octanol–water partition coefficient (Wildman–Crippen LogP) is 2.76. The minimum atomic E-state index is -0.759. The zero-order valence-electron chi connectivity index (χ0n) is 10.8. The summed E-state index contributed by atoms with van der Waals surface area (Å²) in [5.41, 5.74) is 0.769. The van der Waals surface area contributed by atoms with Crippen LogP contribution >= 0.6 is 22.7 Å². The van der Waals surface area contributed by atoms with Crippen molar-refractivity contribution in [3.05, 3.63) is 27.2 Å². The van der Waals surface area contributed by atoms with Gasteiger partial charge in [-0.15, -0.1) is 22.7 Å². The largest absolute Gasteiger partial charge is 0.481 e. The molecule has 1 aliphatic rings. The van der Waals surface area contributed by atoms with E-state index < -0.39 is 11.9 Å². The van der Waals surface area contributed by atoms with Crippen LogP contribution in [0.4, 0.5) is 5.13 Å². The van der Waals surface area contributed by atoms with Crippen LogP contribution < -0.4 is 5.32 Å². The minimum Gasteiger partial charge on any atom is -0.481 e. The van der Waals surface area contributed by atoms with Crippen LogP contribution in [0.15, 0.2) is 11.6 Å². The fourth-order valence-electron chi connectivity index (χ4n) is 2.39. The molecule has 1 atom stereocenters. The molecule has 5 nitrogen and oxygen atoms in total. The number of nitrogens with zero attached hydrogens (tertiary/aromatic N) is 2. The van der Waals surface area contributed by atoms with Crippen LogP contribution in [0.2, 0.25) is 0 Å². The molecule has 2 heterocycles. The highest BCUT2D eigenvalue weighted by Crippen LogP contribution is 2.36. The number of carbonyl (C=O) groups is 1. The molecule has 2 aromatic heterocycles. The van der Waals surface area contributed by atoms with Crippen LogP contribution in [-0.2, 0) is 17.6 Å². The van der Waals surface area contributed by atoms with E-state index >= 15 is 0 Å². The second-order valence-corrected chi connectivity index (χ2v) is 6.78. The van der Waals surface area contributed by atoms with Crippen LogP contribution in [-0.4, -0.2) is 27.6 Å². The summed E-state index contributed by atoms with van der Waals surface area (Å²) < 4.78 is 0. The standard InChI is InChI=1S/C13H15N3O2S2/c17-12(18)8-2-1-3-9-11(8)16-13(20-9)15-5-4-10-14-6-7-19-10/h6-8H,1-5H2,(H,15,16)(H,17,18). The van der Waals surface area contributed by atoms with Crippen molar-refractivity contribution in [3.8, 4) is 0 Å². The van der Waals surface area contributed by atoms with E-state index in [1.165, 1.54) is 0 Å². The van der Waals surface area contributed by atoms with Gasteiger partial charge in [-0.1, -0.05) is 0 Å². The molecule has 1 aliphatic carbocycles. The summed E-state index contributed by atoms with van der Waals surface area (Å²) in [5, 5.41) is 16.4. The van der Waals surface area contributed by atoms with Gasteiger partial charge in [0.15, 0.2) is 5.13 Å². The molecule has 2 aromatic rings. The van der Waals surface area contributed by atoms with Crippen LogP contribution in [0.1, 0.15) is 34.3 Å². The molecule has 106 valence electrons. The Morgan fingerprint density at radius 3 is 3.20 bits per heavy atom. The maximum absolute atomic E-state index is 11.2. The lowest BCUT2D eigenvalue weighted by atomic mass is 9.91. The third kappa shape index (κ3) is 2.83. The number of nitrogens with one attached hydrogen (secondary N) is 1. The second-order valence-electron chi connectivity index (χ2n) is 4.71. The number of fused-ring (bicyclic) bond motifs is 1. The number of anilines is 1. The van der Waals surface area contributed by atoms with E-state index in [1.54, 1.807) is 28.9 Å². The molecule has 0 amide bonds. The van der Waals surface area contributed by atoms with Crippen molar-refractivity contribution < 1.29 is 9.90 Å². The molecule has 20 heavy (non-hydrogen) atoms. The molecule has 1 unspecified atom stereocenters. The van der Waals surface area contributed by atoms with Crippen molar-refractivity contribution in [1.82, 2.24) is 9.97 Å². The number of hydrogen-bond donors (Lipinski definition) is 2. The van der Waals surface area contributed by atoms with E-state index in [4.69, 9.17) is 0 Å². The highest BCUT2D eigenvalue weighted by Gasteiger charge is 2.29. The molecule has 3 rings (SSSR count). The lowest BCUT2D eigenvalue weighted by Crippen LogP contribution is -2.17. The lowest BCUT2D eigenvalue weighted by molar-refractivity contribution is -0.139. The first-order valence-corrected chi connectivity index (χ1v) is 8.28. The van der Waals surface area contributed by atoms with E-state index in [2.05, 4.69) is 15.3 Å². The quantitative estimate of drug-likeness (QED) is 0.888. The Morgan fingerprint density at radius 1 is 1.55 bits per heavy atom. The molecule has 0 aromatic carbocycles. The number of hydrogen-bond acceptors (Lipinski definition) is 6. The van der Waals surface area contributed by atoms with Crippen LogP contribution in [0.3, 0.4) is 0 Å². The van der Waals surface area contributed by atoms with Gasteiger partial charge in [-0.05, 0) is 19.3 Å². The van der Waals surface area contributed by atoms with Gasteiger partial charge in [0, 0.05) is 29.4 Å². The number of carboxylic acids is 1. The predicted molar refractivity (Wildman–Crippen MR) is 79.7 cm³/mol. The van der Waals surface area contributed by atoms with E-state index in [0.717, 1.165) is 46.5 Å². The highest BCUT2D eigenvalue weighted by molar-refractivity contribution is 7.15. The molecule has 0 saturated carbocycles. The lowest BCUT2D eigenvalue weighted by Gasteiger charge is -2.16. The van der Waals surface area contributed by atoms with E-state index in [0.29, 0.717) is 6.42 Å². The van der Waals surface area contributed by atoms with Crippen molar-refractivity contribution in [2.45, 2.75) is 31.6 Å². The summed E-state index contributed by atoms with van der Waals surface area (Å²) in [4.78, 5) is 21.1. The van der Waals surface area contributed by atoms with Crippen LogP contribution in [0, 0.1) is 0 Å². The third-order valence-electron chi connectivity index (χ3n) is 3.35. The van der Waals surface area contributed by atoms with Gasteiger partial charge >= 0.3 is 5.97 Å². The van der Waals surface area contributed by atoms with Crippen molar-refractivity contribution in [2.75, 3.05) is 11.9 Å². The highest BCUT2D eigenvalue weighted by atomic mass is 32.1. The Balaban J connectivity index is 1.65. The zero-order valence-corrected chi connectivity index (χ0v) is 12.5. The normalized spacial score (nSPS) is 17.7. The number of rotatable bonds is 5. The fraction of sp³-hybridized carbons (Fsp3) is 0.462. The summed E-state index contributed by atoms with van der Waals surface area (Å²) in [5.74, 6) is -1.19.